The van der Waals surface area contributed by atoms with E-state index in [4.69, 9.17) is 15.2 Å². The van der Waals surface area contributed by atoms with Crippen LogP contribution in [0.25, 0.3) is 0 Å². The molecule has 0 radical (unpaired) electrons. The van der Waals surface area contributed by atoms with E-state index in [-0.39, 0.29) is 6.61 Å². The van der Waals surface area contributed by atoms with E-state index in [1.54, 1.807) is 14.2 Å². The normalized spacial score (nSPS) is 13.7. The lowest BCUT2D eigenvalue weighted by Crippen LogP contribution is -2.53. The summed E-state index contributed by atoms with van der Waals surface area (Å²) in [6, 6.07) is 7.30. The van der Waals surface area contributed by atoms with Crippen LogP contribution >= 0.6 is 0 Å². The van der Waals surface area contributed by atoms with Crippen molar-refractivity contribution in [2.75, 3.05) is 26.1 Å². The molecule has 1 atom stereocenters. The highest BCUT2D eigenvalue weighted by Crippen LogP contribution is 2.21. The molecular formula is C13H20N2O3. The quantitative estimate of drug-likeness (QED) is 0.769. The van der Waals surface area contributed by atoms with Crippen molar-refractivity contribution in [3.63, 3.8) is 0 Å². The molecule has 100 valence electrons. The minimum absolute atomic E-state index is 0.227. The van der Waals surface area contributed by atoms with Gasteiger partial charge in [-0.3, -0.25) is 4.79 Å². The van der Waals surface area contributed by atoms with Gasteiger partial charge in [-0.05, 0) is 30.7 Å². The first kappa shape index (κ1) is 14.3. The van der Waals surface area contributed by atoms with Crippen molar-refractivity contribution in [1.82, 2.24) is 0 Å². The van der Waals surface area contributed by atoms with Crippen LogP contribution in [0.1, 0.15) is 13.3 Å². The number of nitrogens with one attached hydrogen (secondary N) is 1. The molecule has 0 heterocycles. The molecule has 0 saturated carbocycles. The number of carbonyl (C=O) groups excluding carboxylic acids is 1. The highest BCUT2D eigenvalue weighted by Gasteiger charge is 2.34. The first-order valence-electron chi connectivity index (χ1n) is 5.79. The summed E-state index contributed by atoms with van der Waals surface area (Å²) in [5, 5.41) is 3.14. The van der Waals surface area contributed by atoms with E-state index < -0.39 is 11.4 Å². The maximum absolute atomic E-state index is 11.6. The van der Waals surface area contributed by atoms with Gasteiger partial charge < -0.3 is 20.5 Å². The Labute approximate surface area is 107 Å². The molecular weight excluding hydrogens is 232 g/mol. The van der Waals surface area contributed by atoms with E-state index in [9.17, 15) is 4.79 Å². The minimum Gasteiger partial charge on any atom is -0.497 e. The Morgan fingerprint density at radius 3 is 2.33 bits per heavy atom. The SMILES string of the molecule is CCC(COC)(Nc1ccc(OC)cc1)C(N)=O. The van der Waals surface area contributed by atoms with Crippen molar-refractivity contribution in [2.24, 2.45) is 5.73 Å². The molecule has 1 aromatic carbocycles. The third-order valence-electron chi connectivity index (χ3n) is 2.94. The molecule has 0 aliphatic heterocycles. The Hall–Kier alpha value is -1.75. The second kappa shape index (κ2) is 6.26. The zero-order valence-corrected chi connectivity index (χ0v) is 11.0. The number of nitrogens with two attached hydrogens (primary N) is 1. The van der Waals surface area contributed by atoms with E-state index in [1.807, 2.05) is 31.2 Å². The molecule has 0 aromatic heterocycles. The van der Waals surface area contributed by atoms with Gasteiger partial charge in [0.1, 0.15) is 11.3 Å². The van der Waals surface area contributed by atoms with Crippen molar-refractivity contribution in [3.8, 4) is 5.75 Å². The van der Waals surface area contributed by atoms with Crippen LogP contribution in [0.3, 0.4) is 0 Å². The average molecular weight is 252 g/mol. The fraction of sp³-hybridized carbons (Fsp3) is 0.462. The van der Waals surface area contributed by atoms with Crippen molar-refractivity contribution < 1.29 is 14.3 Å². The maximum atomic E-state index is 11.6. The van der Waals surface area contributed by atoms with Crippen LogP contribution in [0.2, 0.25) is 0 Å². The Morgan fingerprint density at radius 1 is 1.33 bits per heavy atom. The Bertz CT molecular complexity index is 392. The lowest BCUT2D eigenvalue weighted by Gasteiger charge is -2.30. The molecule has 1 rings (SSSR count). The Morgan fingerprint density at radius 2 is 1.94 bits per heavy atom. The largest absolute Gasteiger partial charge is 0.497 e. The first-order valence-corrected chi connectivity index (χ1v) is 5.79. The zero-order chi connectivity index (χ0) is 13.6. The molecule has 1 unspecified atom stereocenters. The van der Waals surface area contributed by atoms with Crippen LogP contribution in [0.5, 0.6) is 5.75 Å². The highest BCUT2D eigenvalue weighted by atomic mass is 16.5. The fourth-order valence-electron chi connectivity index (χ4n) is 1.73. The summed E-state index contributed by atoms with van der Waals surface area (Å²) in [7, 11) is 3.15. The summed E-state index contributed by atoms with van der Waals surface area (Å²) in [5.74, 6) is 0.330. The third kappa shape index (κ3) is 3.13. The van der Waals surface area contributed by atoms with E-state index >= 15 is 0 Å². The molecule has 1 amide bonds. The monoisotopic (exact) mass is 252 g/mol. The number of benzene rings is 1. The van der Waals surface area contributed by atoms with Gasteiger partial charge in [0.25, 0.3) is 0 Å². The number of hydrogen-bond acceptors (Lipinski definition) is 4. The van der Waals surface area contributed by atoms with Crippen LogP contribution in [-0.2, 0) is 9.53 Å². The van der Waals surface area contributed by atoms with Crippen molar-refractivity contribution in [2.45, 2.75) is 18.9 Å². The number of primary amides is 1. The average Bonchev–Trinajstić information content (AvgIpc) is 2.38. The predicted octanol–water partition coefficient (Wildman–Crippen LogP) is 1.39. The van der Waals surface area contributed by atoms with Crippen molar-refractivity contribution >= 4 is 11.6 Å². The molecule has 0 fully saturated rings. The van der Waals surface area contributed by atoms with Gasteiger partial charge in [-0.2, -0.15) is 0 Å². The molecule has 0 aliphatic rings. The lowest BCUT2D eigenvalue weighted by atomic mass is 9.95. The molecule has 0 spiro atoms. The molecule has 3 N–H and O–H groups in total. The van der Waals surface area contributed by atoms with Crippen LogP contribution in [-0.4, -0.2) is 32.3 Å². The Balaban J connectivity index is 2.91. The van der Waals surface area contributed by atoms with Crippen LogP contribution < -0.4 is 15.8 Å². The second-order valence-electron chi connectivity index (χ2n) is 4.09. The van der Waals surface area contributed by atoms with Gasteiger partial charge in [0.2, 0.25) is 5.91 Å². The number of anilines is 1. The van der Waals surface area contributed by atoms with Gasteiger partial charge in [-0.25, -0.2) is 0 Å². The van der Waals surface area contributed by atoms with Gasteiger partial charge in [-0.15, -0.1) is 0 Å². The van der Waals surface area contributed by atoms with Gasteiger partial charge in [-0.1, -0.05) is 6.92 Å². The predicted molar refractivity (Wildman–Crippen MR) is 70.7 cm³/mol. The number of methoxy groups -OCH3 is 2. The molecule has 0 saturated heterocycles. The van der Waals surface area contributed by atoms with Gasteiger partial charge >= 0.3 is 0 Å². The van der Waals surface area contributed by atoms with Gasteiger partial charge in [0.15, 0.2) is 0 Å². The number of carbonyl (C=O) groups is 1. The van der Waals surface area contributed by atoms with E-state index in [2.05, 4.69) is 5.32 Å². The summed E-state index contributed by atoms with van der Waals surface area (Å²) >= 11 is 0. The Kier molecular flexibility index (Phi) is 4.97. The van der Waals surface area contributed by atoms with Crippen LogP contribution in [0.15, 0.2) is 24.3 Å². The summed E-state index contributed by atoms with van der Waals surface area (Å²) in [4.78, 5) is 11.6. The summed E-state index contributed by atoms with van der Waals surface area (Å²) in [6.45, 7) is 2.12. The van der Waals surface area contributed by atoms with E-state index in [1.165, 1.54) is 0 Å². The highest BCUT2D eigenvalue weighted by molar-refractivity contribution is 5.88. The van der Waals surface area contributed by atoms with Gasteiger partial charge in [0, 0.05) is 12.8 Å². The van der Waals surface area contributed by atoms with Crippen LogP contribution in [0, 0.1) is 0 Å². The topological polar surface area (TPSA) is 73.6 Å². The number of rotatable bonds is 7. The molecule has 5 heteroatoms. The number of ether oxygens (including phenoxy) is 2. The van der Waals surface area contributed by atoms with Crippen LogP contribution in [0.4, 0.5) is 5.69 Å². The summed E-state index contributed by atoms with van der Waals surface area (Å²) < 4.78 is 10.2. The second-order valence-corrected chi connectivity index (χ2v) is 4.09. The van der Waals surface area contributed by atoms with Gasteiger partial charge in [0.05, 0.1) is 13.7 Å². The molecule has 18 heavy (non-hydrogen) atoms. The maximum Gasteiger partial charge on any atom is 0.245 e. The first-order chi connectivity index (χ1) is 8.57. The minimum atomic E-state index is -0.886. The van der Waals surface area contributed by atoms with Crippen molar-refractivity contribution in [1.29, 1.82) is 0 Å². The molecule has 5 nitrogen and oxygen atoms in total. The summed E-state index contributed by atoms with van der Waals surface area (Å²) in [5.41, 5.74) is 5.38. The smallest absolute Gasteiger partial charge is 0.245 e. The lowest BCUT2D eigenvalue weighted by molar-refractivity contribution is -0.124. The number of amides is 1. The molecule has 0 aliphatic carbocycles. The number of hydrogen-bond donors (Lipinski definition) is 2. The van der Waals surface area contributed by atoms with E-state index in [0.717, 1.165) is 11.4 Å². The molecule has 1 aromatic rings. The van der Waals surface area contributed by atoms with Crippen molar-refractivity contribution in [3.05, 3.63) is 24.3 Å². The summed E-state index contributed by atoms with van der Waals surface area (Å²) in [6.07, 6.45) is 0.544. The van der Waals surface area contributed by atoms with E-state index in [0.29, 0.717) is 6.42 Å². The standard InChI is InChI=1S/C13H20N2O3/c1-4-13(9-17-2,12(14)16)15-10-5-7-11(18-3)8-6-10/h5-8,15H,4,9H2,1-3H3,(H2,14,16). The zero-order valence-electron chi connectivity index (χ0n) is 11.0. The third-order valence-corrected chi connectivity index (χ3v) is 2.94. The molecule has 0 bridgehead atoms. The fourth-order valence-corrected chi connectivity index (χ4v) is 1.73.